The van der Waals surface area contributed by atoms with Crippen LogP contribution in [0.5, 0.6) is 0 Å². The Labute approximate surface area is 31.3 Å². The molecule has 0 rings (SSSR count). The van der Waals surface area contributed by atoms with E-state index in [9.17, 15) is 0 Å². The summed E-state index contributed by atoms with van der Waals surface area (Å²) in [6.45, 7) is 3.38. The first kappa shape index (κ1) is 4.92. The van der Waals surface area contributed by atoms with Gasteiger partial charge in [0.1, 0.15) is 0 Å². The summed E-state index contributed by atoms with van der Waals surface area (Å²) < 4.78 is 0. The zero-order chi connectivity index (χ0) is 4.28. The Hall–Kier alpha value is -0.0800. The van der Waals surface area contributed by atoms with Crippen LogP contribution in [-0.2, 0) is 10.1 Å². The molecule has 0 fully saturated rings. The zero-order valence-electron chi connectivity index (χ0n) is 3.39. The number of hydrogen-bond donors (Lipinski definition) is 0. The van der Waals surface area contributed by atoms with Gasteiger partial charge in [0.2, 0.25) is 0 Å². The fourth-order valence-electron chi connectivity index (χ4n) is 0. The summed E-state index contributed by atoms with van der Waals surface area (Å²) >= 11 is 0. The van der Waals surface area contributed by atoms with E-state index in [-0.39, 0.29) is 6.10 Å². The van der Waals surface area contributed by atoms with Crippen molar-refractivity contribution in [1.29, 1.82) is 0 Å². The molecule has 0 amide bonds. The molecule has 0 aliphatic rings. The van der Waals surface area contributed by atoms with Crippen LogP contribution in [0.2, 0.25) is 0 Å². The van der Waals surface area contributed by atoms with E-state index >= 15 is 0 Å². The van der Waals surface area contributed by atoms with Gasteiger partial charge in [0.25, 0.3) is 0 Å². The van der Waals surface area contributed by atoms with Gasteiger partial charge in [-0.25, -0.2) is 4.89 Å². The monoisotopic (exact) mass is 75.0 g/mol. The maximum absolute atomic E-state index is 9.13. The molecule has 0 saturated carbocycles. The van der Waals surface area contributed by atoms with E-state index in [0.717, 1.165) is 0 Å². The maximum atomic E-state index is 9.13. The second-order valence-electron chi connectivity index (χ2n) is 1.14. The molecule has 0 atom stereocenters. The molecule has 0 N–H and O–H groups in total. The van der Waals surface area contributed by atoms with Gasteiger partial charge in [0, 0.05) is 0 Å². The number of hydrogen-bond acceptors (Lipinski definition) is 1. The molecule has 0 heterocycles. The minimum Gasteiger partial charge on any atom is -0.201 e. The molecule has 2 heteroatoms. The molecule has 2 nitrogen and oxygen atoms in total. The Morgan fingerprint density at radius 2 is 1.80 bits per heavy atom. The van der Waals surface area contributed by atoms with Gasteiger partial charge in [0.15, 0.2) is 0 Å². The summed E-state index contributed by atoms with van der Waals surface area (Å²) in [6, 6.07) is 0. The van der Waals surface area contributed by atoms with E-state index in [1.54, 1.807) is 13.8 Å². The van der Waals surface area contributed by atoms with E-state index in [1.807, 2.05) is 0 Å². The normalized spacial score (nSPS) is 9.60. The summed E-state index contributed by atoms with van der Waals surface area (Å²) in [4.78, 5) is 3.50. The predicted molar refractivity (Wildman–Crippen MR) is 16.9 cm³/mol. The number of rotatable bonds is 1. The average Bonchev–Trinajstić information content (AvgIpc) is 1.38. The highest BCUT2D eigenvalue weighted by Gasteiger charge is 1.83. The summed E-state index contributed by atoms with van der Waals surface area (Å²) in [6.07, 6.45) is -0.171. The van der Waals surface area contributed by atoms with Crippen molar-refractivity contribution < 1.29 is 10.1 Å². The van der Waals surface area contributed by atoms with Crippen molar-refractivity contribution in [2.45, 2.75) is 20.0 Å². The maximum Gasteiger partial charge on any atom is 0.0906 e. The van der Waals surface area contributed by atoms with Gasteiger partial charge >= 0.3 is 0 Å². The second kappa shape index (κ2) is 2.18. The average molecular weight is 75.1 g/mol. The van der Waals surface area contributed by atoms with Crippen LogP contribution in [0.15, 0.2) is 0 Å². The van der Waals surface area contributed by atoms with E-state index in [4.69, 9.17) is 5.26 Å². The first-order valence-electron chi connectivity index (χ1n) is 1.56. The highest BCUT2D eigenvalue weighted by atomic mass is 17.1. The molecule has 0 aromatic heterocycles. The molecule has 0 aliphatic heterocycles. The molecule has 5 heavy (non-hydrogen) atoms. The summed E-state index contributed by atoms with van der Waals surface area (Å²) in [7, 11) is 0. The standard InChI is InChI=1S/C3H7O2/c1-3(2)5-4/h3H,1-2H3. The lowest BCUT2D eigenvalue weighted by Gasteiger charge is -1.88. The molecule has 0 saturated heterocycles. The Kier molecular flexibility index (Phi) is 2.14. The molecule has 0 aromatic rings. The third-order valence-electron chi connectivity index (χ3n) is 0.192. The Morgan fingerprint density at radius 3 is 1.80 bits per heavy atom. The van der Waals surface area contributed by atoms with Gasteiger partial charge in [-0.1, -0.05) is 0 Å². The minimum absolute atomic E-state index is 0.171. The van der Waals surface area contributed by atoms with Crippen molar-refractivity contribution in [1.82, 2.24) is 0 Å². The van der Waals surface area contributed by atoms with E-state index < -0.39 is 0 Å². The third-order valence-corrected chi connectivity index (χ3v) is 0.192. The summed E-state index contributed by atoms with van der Waals surface area (Å²) in [5.74, 6) is 0. The lowest BCUT2D eigenvalue weighted by Crippen LogP contribution is -1.93. The van der Waals surface area contributed by atoms with Gasteiger partial charge in [-0.15, -0.1) is 0 Å². The van der Waals surface area contributed by atoms with Crippen LogP contribution in [0.4, 0.5) is 0 Å². The summed E-state index contributed by atoms with van der Waals surface area (Å²) in [5, 5.41) is 9.13. The fourth-order valence-corrected chi connectivity index (χ4v) is 0. The lowest BCUT2D eigenvalue weighted by molar-refractivity contribution is -0.327. The highest BCUT2D eigenvalue weighted by molar-refractivity contribution is 4.24. The molecule has 0 aliphatic carbocycles. The van der Waals surface area contributed by atoms with Gasteiger partial charge in [0.05, 0.1) is 6.10 Å². The SMILES string of the molecule is CC(C)O[O]. The molecule has 0 unspecified atom stereocenters. The van der Waals surface area contributed by atoms with Crippen molar-refractivity contribution in [3.05, 3.63) is 0 Å². The van der Waals surface area contributed by atoms with Crippen LogP contribution in [0, 0.1) is 0 Å². The minimum atomic E-state index is -0.171. The van der Waals surface area contributed by atoms with Gasteiger partial charge < -0.3 is 0 Å². The quantitative estimate of drug-likeness (QED) is 0.334. The van der Waals surface area contributed by atoms with E-state index in [1.165, 1.54) is 0 Å². The molecule has 31 valence electrons. The Morgan fingerprint density at radius 1 is 1.60 bits per heavy atom. The lowest BCUT2D eigenvalue weighted by atomic mass is 10.5. The predicted octanol–water partition coefficient (Wildman–Crippen LogP) is 0.757. The van der Waals surface area contributed by atoms with Crippen molar-refractivity contribution in [2.24, 2.45) is 0 Å². The molecule has 0 aromatic carbocycles. The van der Waals surface area contributed by atoms with Gasteiger partial charge in [-0.05, 0) is 19.1 Å². The molecule has 1 radical (unpaired) electrons. The smallest absolute Gasteiger partial charge is 0.0906 e. The fraction of sp³-hybridized carbons (Fsp3) is 1.00. The van der Waals surface area contributed by atoms with Crippen LogP contribution in [-0.4, -0.2) is 6.10 Å². The zero-order valence-corrected chi connectivity index (χ0v) is 3.39. The first-order valence-corrected chi connectivity index (χ1v) is 1.56. The van der Waals surface area contributed by atoms with Crippen molar-refractivity contribution >= 4 is 0 Å². The van der Waals surface area contributed by atoms with E-state index in [0.29, 0.717) is 0 Å². The van der Waals surface area contributed by atoms with Crippen molar-refractivity contribution in [3.8, 4) is 0 Å². The second-order valence-corrected chi connectivity index (χ2v) is 1.14. The topological polar surface area (TPSA) is 29.1 Å². The van der Waals surface area contributed by atoms with Crippen LogP contribution >= 0.6 is 0 Å². The third kappa shape index (κ3) is 3.92. The van der Waals surface area contributed by atoms with Crippen LogP contribution < -0.4 is 0 Å². The summed E-state index contributed by atoms with van der Waals surface area (Å²) in [5.41, 5.74) is 0. The first-order chi connectivity index (χ1) is 2.27. The molecule has 0 spiro atoms. The molecule has 0 bridgehead atoms. The van der Waals surface area contributed by atoms with Crippen molar-refractivity contribution in [2.75, 3.05) is 0 Å². The largest absolute Gasteiger partial charge is 0.201 e. The molecular formula is C3H7O2. The Balaban J connectivity index is 2.54. The van der Waals surface area contributed by atoms with Crippen molar-refractivity contribution in [3.63, 3.8) is 0 Å². The highest BCUT2D eigenvalue weighted by Crippen LogP contribution is 1.78. The van der Waals surface area contributed by atoms with Gasteiger partial charge in [-0.3, -0.25) is 0 Å². The Bertz CT molecular complexity index is 18.9. The van der Waals surface area contributed by atoms with E-state index in [2.05, 4.69) is 4.89 Å². The van der Waals surface area contributed by atoms with Gasteiger partial charge in [-0.2, -0.15) is 0 Å². The van der Waals surface area contributed by atoms with Crippen LogP contribution in [0.3, 0.4) is 0 Å². The van der Waals surface area contributed by atoms with Crippen LogP contribution in [0.25, 0.3) is 0 Å². The molecular weight excluding hydrogens is 68.0 g/mol. The van der Waals surface area contributed by atoms with Crippen LogP contribution in [0.1, 0.15) is 13.8 Å².